The van der Waals surface area contributed by atoms with Crippen LogP contribution in [-0.4, -0.2) is 62.1 Å². The van der Waals surface area contributed by atoms with Crippen LogP contribution in [0.2, 0.25) is 0 Å². The predicted molar refractivity (Wildman–Crippen MR) is 113 cm³/mol. The molecule has 30 heavy (non-hydrogen) atoms. The van der Waals surface area contributed by atoms with Crippen LogP contribution < -0.4 is 5.32 Å². The maximum absolute atomic E-state index is 13.0. The Labute approximate surface area is 176 Å². The predicted octanol–water partition coefficient (Wildman–Crippen LogP) is 1.93. The molecule has 0 radical (unpaired) electrons. The number of hydrogen-bond acceptors (Lipinski definition) is 5. The van der Waals surface area contributed by atoms with E-state index in [1.807, 2.05) is 42.5 Å². The number of esters is 1. The lowest BCUT2D eigenvalue weighted by molar-refractivity contribution is -0.145. The highest BCUT2D eigenvalue weighted by atomic mass is 16.5. The van der Waals surface area contributed by atoms with Gasteiger partial charge in [-0.2, -0.15) is 0 Å². The minimum atomic E-state index is -0.781. The first-order chi connectivity index (χ1) is 14.5. The van der Waals surface area contributed by atoms with Crippen molar-refractivity contribution in [1.29, 1.82) is 0 Å². The Kier molecular flexibility index (Phi) is 7.41. The van der Waals surface area contributed by atoms with E-state index in [0.717, 1.165) is 16.3 Å². The molecule has 160 valence electrons. The molecule has 0 spiro atoms. The molecule has 1 heterocycles. The molecule has 7 heteroatoms. The molecule has 2 aromatic carbocycles. The molecule has 3 rings (SSSR count). The third kappa shape index (κ3) is 5.36. The Bertz CT molecular complexity index is 902. The second kappa shape index (κ2) is 10.2. The van der Waals surface area contributed by atoms with Gasteiger partial charge in [-0.05, 0) is 29.7 Å². The summed E-state index contributed by atoms with van der Waals surface area (Å²) in [6, 6.07) is 13.1. The minimum absolute atomic E-state index is 0.0724. The van der Waals surface area contributed by atoms with E-state index in [-0.39, 0.29) is 18.2 Å². The number of amides is 2. The fraction of sp³-hybridized carbons (Fsp3) is 0.435. The lowest BCUT2D eigenvalue weighted by Crippen LogP contribution is -2.46. The van der Waals surface area contributed by atoms with Gasteiger partial charge in [0.2, 0.25) is 11.8 Å². The molecule has 7 nitrogen and oxygen atoms in total. The van der Waals surface area contributed by atoms with E-state index in [0.29, 0.717) is 32.7 Å². The van der Waals surface area contributed by atoms with E-state index in [1.54, 1.807) is 11.8 Å². The monoisotopic (exact) mass is 412 g/mol. The van der Waals surface area contributed by atoms with Crippen molar-refractivity contribution in [2.45, 2.75) is 25.8 Å². The second-order valence-electron chi connectivity index (χ2n) is 7.49. The molecular formula is C23H28N2O5. The average Bonchev–Trinajstić information content (AvgIpc) is 2.78. The molecule has 0 saturated carbocycles. The molecule has 0 aromatic heterocycles. The first kappa shape index (κ1) is 21.8. The molecule has 1 aliphatic heterocycles. The van der Waals surface area contributed by atoms with Gasteiger partial charge in [-0.15, -0.1) is 0 Å². The molecule has 1 fully saturated rings. The number of fused-ring (bicyclic) bond motifs is 1. The molecule has 2 atom stereocenters. The van der Waals surface area contributed by atoms with Crippen LogP contribution in [0, 0.1) is 5.92 Å². The number of methoxy groups -OCH3 is 1. The Morgan fingerprint density at radius 1 is 1.10 bits per heavy atom. The Hall–Kier alpha value is -2.93. The topological polar surface area (TPSA) is 84.9 Å². The van der Waals surface area contributed by atoms with Crippen molar-refractivity contribution >= 4 is 28.6 Å². The molecule has 1 N–H and O–H groups in total. The zero-order chi connectivity index (χ0) is 21.5. The van der Waals surface area contributed by atoms with Gasteiger partial charge in [-0.3, -0.25) is 9.59 Å². The number of rotatable bonds is 7. The number of nitrogens with one attached hydrogen (secondary N) is 1. The quantitative estimate of drug-likeness (QED) is 0.703. The van der Waals surface area contributed by atoms with E-state index in [1.165, 1.54) is 7.11 Å². The van der Waals surface area contributed by atoms with Crippen molar-refractivity contribution < 1.29 is 23.9 Å². The SMILES string of the molecule is COC(=O)[C@H](C)NC(=O)C(CC(=O)N1CCOCC1)Cc1cccc2ccccc12. The smallest absolute Gasteiger partial charge is 0.328 e. The van der Waals surface area contributed by atoms with Crippen molar-refractivity contribution in [2.24, 2.45) is 5.92 Å². The van der Waals surface area contributed by atoms with Gasteiger partial charge in [-0.25, -0.2) is 4.79 Å². The molecule has 1 saturated heterocycles. The first-order valence-corrected chi connectivity index (χ1v) is 10.2. The lowest BCUT2D eigenvalue weighted by atomic mass is 9.91. The molecular weight excluding hydrogens is 384 g/mol. The fourth-order valence-corrected chi connectivity index (χ4v) is 3.71. The fourth-order valence-electron chi connectivity index (χ4n) is 3.71. The summed E-state index contributed by atoms with van der Waals surface area (Å²) >= 11 is 0. The van der Waals surface area contributed by atoms with Gasteiger partial charge < -0.3 is 19.7 Å². The van der Waals surface area contributed by atoms with Gasteiger partial charge in [0.1, 0.15) is 6.04 Å². The second-order valence-corrected chi connectivity index (χ2v) is 7.49. The molecule has 1 unspecified atom stereocenters. The van der Waals surface area contributed by atoms with E-state index in [2.05, 4.69) is 5.32 Å². The first-order valence-electron chi connectivity index (χ1n) is 10.2. The van der Waals surface area contributed by atoms with Gasteiger partial charge >= 0.3 is 5.97 Å². The van der Waals surface area contributed by atoms with E-state index in [4.69, 9.17) is 9.47 Å². The summed E-state index contributed by atoms with van der Waals surface area (Å²) in [6.45, 7) is 3.64. The zero-order valence-electron chi connectivity index (χ0n) is 17.4. The van der Waals surface area contributed by atoms with Gasteiger partial charge in [-0.1, -0.05) is 42.5 Å². The van der Waals surface area contributed by atoms with Crippen LogP contribution in [0.1, 0.15) is 18.9 Å². The van der Waals surface area contributed by atoms with Crippen LogP contribution >= 0.6 is 0 Å². The Balaban J connectivity index is 1.81. The van der Waals surface area contributed by atoms with Crippen molar-refractivity contribution in [2.75, 3.05) is 33.4 Å². The summed E-state index contributed by atoms with van der Waals surface area (Å²) in [4.78, 5) is 39.3. The summed E-state index contributed by atoms with van der Waals surface area (Å²) in [6.07, 6.45) is 0.472. The average molecular weight is 412 g/mol. The van der Waals surface area contributed by atoms with Crippen LogP contribution in [0.15, 0.2) is 42.5 Å². The highest BCUT2D eigenvalue weighted by Crippen LogP contribution is 2.23. The van der Waals surface area contributed by atoms with Crippen molar-refractivity contribution in [3.05, 3.63) is 48.0 Å². The van der Waals surface area contributed by atoms with Crippen LogP contribution in [0.4, 0.5) is 0 Å². The normalized spacial score (nSPS) is 16.0. The van der Waals surface area contributed by atoms with Crippen LogP contribution in [-0.2, 0) is 30.3 Å². The van der Waals surface area contributed by atoms with Crippen molar-refractivity contribution in [1.82, 2.24) is 10.2 Å². The number of nitrogens with zero attached hydrogens (tertiary/aromatic N) is 1. The molecule has 0 aliphatic carbocycles. The molecule has 2 amide bonds. The maximum Gasteiger partial charge on any atom is 0.328 e. The largest absolute Gasteiger partial charge is 0.467 e. The van der Waals surface area contributed by atoms with Gasteiger partial charge in [0.05, 0.1) is 26.2 Å². The summed E-state index contributed by atoms with van der Waals surface area (Å²) < 4.78 is 10.0. The van der Waals surface area contributed by atoms with Crippen LogP contribution in [0.5, 0.6) is 0 Å². The number of ether oxygens (including phenoxy) is 2. The maximum atomic E-state index is 13.0. The summed E-state index contributed by atoms with van der Waals surface area (Å²) in [5, 5.41) is 4.83. The number of benzene rings is 2. The summed E-state index contributed by atoms with van der Waals surface area (Å²) in [7, 11) is 1.28. The van der Waals surface area contributed by atoms with Crippen LogP contribution in [0.25, 0.3) is 10.8 Å². The van der Waals surface area contributed by atoms with E-state index < -0.39 is 17.9 Å². The Morgan fingerprint density at radius 2 is 1.80 bits per heavy atom. The van der Waals surface area contributed by atoms with Crippen molar-refractivity contribution in [3.63, 3.8) is 0 Å². The van der Waals surface area contributed by atoms with Gasteiger partial charge in [0.25, 0.3) is 0 Å². The number of morpholine rings is 1. The van der Waals surface area contributed by atoms with Gasteiger partial charge in [0.15, 0.2) is 0 Å². The van der Waals surface area contributed by atoms with E-state index in [9.17, 15) is 14.4 Å². The zero-order valence-corrected chi connectivity index (χ0v) is 17.4. The molecule has 1 aliphatic rings. The molecule has 2 aromatic rings. The highest BCUT2D eigenvalue weighted by Gasteiger charge is 2.28. The summed E-state index contributed by atoms with van der Waals surface area (Å²) in [5.74, 6) is -1.53. The minimum Gasteiger partial charge on any atom is -0.467 e. The van der Waals surface area contributed by atoms with E-state index >= 15 is 0 Å². The standard InChI is InChI=1S/C23H28N2O5/c1-16(23(28)29-2)24-22(27)19(15-21(26)25-10-12-30-13-11-25)14-18-8-5-7-17-6-3-4-9-20(17)18/h3-9,16,19H,10-15H2,1-2H3,(H,24,27)/t16-,19?/m0/s1. The van der Waals surface area contributed by atoms with Gasteiger partial charge in [0, 0.05) is 19.5 Å². The molecule has 0 bridgehead atoms. The number of carbonyl (C=O) groups is 3. The van der Waals surface area contributed by atoms with Crippen molar-refractivity contribution in [3.8, 4) is 0 Å². The summed E-state index contributed by atoms with van der Waals surface area (Å²) in [5.41, 5.74) is 0.994. The Morgan fingerprint density at radius 3 is 2.53 bits per heavy atom. The highest BCUT2D eigenvalue weighted by molar-refractivity contribution is 5.90. The third-order valence-corrected chi connectivity index (χ3v) is 5.42. The number of carbonyl (C=O) groups excluding carboxylic acids is 3. The third-order valence-electron chi connectivity index (χ3n) is 5.42. The number of hydrogen-bond donors (Lipinski definition) is 1. The van der Waals surface area contributed by atoms with Crippen LogP contribution in [0.3, 0.4) is 0 Å². The lowest BCUT2D eigenvalue weighted by Gasteiger charge is -2.28.